The molecule has 3 aromatic rings. The van der Waals surface area contributed by atoms with Crippen molar-refractivity contribution in [2.24, 2.45) is 17.6 Å². The molecule has 2 aliphatic rings. The number of urea groups is 1. The van der Waals surface area contributed by atoms with E-state index in [1.54, 1.807) is 41.3 Å². The van der Waals surface area contributed by atoms with Crippen LogP contribution in [0.5, 0.6) is 0 Å². The number of hydrogen-bond acceptors (Lipinski definition) is 4. The summed E-state index contributed by atoms with van der Waals surface area (Å²) in [5.74, 6) is -0.887. The van der Waals surface area contributed by atoms with Crippen molar-refractivity contribution in [2.75, 3.05) is 25.6 Å². The van der Waals surface area contributed by atoms with E-state index in [0.29, 0.717) is 28.7 Å². The Morgan fingerprint density at radius 3 is 2.75 bits per heavy atom. The maximum Gasteiger partial charge on any atom is 0.323 e. The minimum atomic E-state index is -0.667. The van der Waals surface area contributed by atoms with Crippen LogP contribution in [-0.2, 0) is 9.53 Å². The van der Waals surface area contributed by atoms with Crippen LogP contribution in [0.2, 0.25) is 5.02 Å². The average Bonchev–Trinajstić information content (AvgIpc) is 3.35. The predicted molar refractivity (Wildman–Crippen MR) is 134 cm³/mol. The fourth-order valence-electron chi connectivity index (χ4n) is 5.39. The number of halogens is 2. The second kappa shape index (κ2) is 9.55. The summed E-state index contributed by atoms with van der Waals surface area (Å²) in [6.07, 6.45) is 2.38. The SMILES string of the molecule is COC[C@@H](CC(=O)[C@@H]1[C@H]2C[C@H]2CN1C(=O)Nc1cn(C(N)=O)c2ccccc12)c1cccc(Cl)c1F. The molecule has 0 unspecified atom stereocenters. The number of nitrogens with two attached hydrogens (primary N) is 1. The Bertz CT molecular complexity index is 1360. The number of ketones is 1. The number of likely N-dealkylation sites (tertiary alicyclic amines) is 1. The third-order valence-electron chi connectivity index (χ3n) is 7.17. The minimum absolute atomic E-state index is 0.0136. The smallest absolute Gasteiger partial charge is 0.323 e. The van der Waals surface area contributed by atoms with Gasteiger partial charge in [0.1, 0.15) is 5.82 Å². The van der Waals surface area contributed by atoms with E-state index in [9.17, 15) is 18.8 Å². The van der Waals surface area contributed by atoms with E-state index in [2.05, 4.69) is 5.32 Å². The number of Topliss-reactive ketones (excluding diaryl/α,β-unsaturated/α-hetero) is 1. The maximum atomic E-state index is 14.7. The summed E-state index contributed by atoms with van der Waals surface area (Å²) in [5.41, 5.74) is 6.80. The van der Waals surface area contributed by atoms with Gasteiger partial charge in [-0.2, -0.15) is 0 Å². The molecule has 1 aliphatic heterocycles. The molecule has 1 aliphatic carbocycles. The molecule has 1 saturated heterocycles. The summed E-state index contributed by atoms with van der Waals surface area (Å²) in [6, 6.07) is 10.1. The van der Waals surface area contributed by atoms with Gasteiger partial charge in [-0.3, -0.25) is 9.36 Å². The Hall–Kier alpha value is -3.43. The molecule has 2 fully saturated rings. The number of ether oxygens (including phenoxy) is 1. The first-order chi connectivity index (χ1) is 17.3. The average molecular weight is 513 g/mol. The van der Waals surface area contributed by atoms with Gasteiger partial charge in [0.2, 0.25) is 0 Å². The lowest BCUT2D eigenvalue weighted by Crippen LogP contribution is -2.46. The van der Waals surface area contributed by atoms with Gasteiger partial charge in [-0.05, 0) is 36.0 Å². The molecule has 8 nitrogen and oxygen atoms in total. The number of nitrogens with one attached hydrogen (secondary N) is 1. The summed E-state index contributed by atoms with van der Waals surface area (Å²) >= 11 is 5.96. The molecule has 0 radical (unpaired) electrons. The third kappa shape index (κ3) is 4.33. The first kappa shape index (κ1) is 24.3. The van der Waals surface area contributed by atoms with Crippen LogP contribution >= 0.6 is 11.6 Å². The number of amides is 3. The fraction of sp³-hybridized carbons (Fsp3) is 0.346. The molecule has 10 heteroatoms. The van der Waals surface area contributed by atoms with Crippen molar-refractivity contribution in [2.45, 2.75) is 24.8 Å². The number of anilines is 1. The highest BCUT2D eigenvalue weighted by Gasteiger charge is 2.56. The molecule has 3 amide bonds. The van der Waals surface area contributed by atoms with Gasteiger partial charge in [-0.15, -0.1) is 0 Å². The van der Waals surface area contributed by atoms with Crippen LogP contribution in [0.4, 0.5) is 19.7 Å². The topological polar surface area (TPSA) is 107 Å². The summed E-state index contributed by atoms with van der Waals surface area (Å²) in [5, 5.41) is 3.51. The van der Waals surface area contributed by atoms with E-state index in [4.69, 9.17) is 22.1 Å². The van der Waals surface area contributed by atoms with Gasteiger partial charge in [-0.1, -0.05) is 41.9 Å². The van der Waals surface area contributed by atoms with Gasteiger partial charge < -0.3 is 20.7 Å². The van der Waals surface area contributed by atoms with E-state index in [-0.39, 0.29) is 35.7 Å². The third-order valence-corrected chi connectivity index (χ3v) is 7.46. The lowest BCUT2D eigenvalue weighted by atomic mass is 9.90. The number of piperidine rings is 1. The number of para-hydroxylation sites is 1. The molecule has 2 aromatic carbocycles. The zero-order chi connectivity index (χ0) is 25.6. The van der Waals surface area contributed by atoms with Crippen LogP contribution < -0.4 is 11.1 Å². The van der Waals surface area contributed by atoms with Crippen molar-refractivity contribution in [3.05, 3.63) is 65.1 Å². The molecule has 3 N–H and O–H groups in total. The minimum Gasteiger partial charge on any atom is -0.384 e. The highest BCUT2D eigenvalue weighted by Crippen LogP contribution is 2.50. The van der Waals surface area contributed by atoms with E-state index in [0.717, 1.165) is 6.42 Å². The number of primary amides is 1. The highest BCUT2D eigenvalue weighted by molar-refractivity contribution is 6.30. The number of methoxy groups -OCH3 is 1. The second-order valence-electron chi connectivity index (χ2n) is 9.42. The molecule has 1 aromatic heterocycles. The molecule has 2 heterocycles. The van der Waals surface area contributed by atoms with Crippen LogP contribution in [0.25, 0.3) is 10.9 Å². The number of nitrogens with zero attached hydrogens (tertiary/aromatic N) is 2. The van der Waals surface area contributed by atoms with Crippen LogP contribution in [0.15, 0.2) is 48.7 Å². The molecule has 0 spiro atoms. The summed E-state index contributed by atoms with van der Waals surface area (Å²) in [7, 11) is 1.49. The summed E-state index contributed by atoms with van der Waals surface area (Å²) < 4.78 is 21.3. The monoisotopic (exact) mass is 512 g/mol. The number of rotatable bonds is 7. The molecule has 1 saturated carbocycles. The molecule has 36 heavy (non-hydrogen) atoms. The molecule has 188 valence electrons. The van der Waals surface area contributed by atoms with Crippen molar-refractivity contribution < 1.29 is 23.5 Å². The number of hydrogen-bond donors (Lipinski definition) is 2. The van der Waals surface area contributed by atoms with E-state index >= 15 is 0 Å². The van der Waals surface area contributed by atoms with E-state index in [1.165, 1.54) is 23.9 Å². The van der Waals surface area contributed by atoms with Crippen molar-refractivity contribution in [1.82, 2.24) is 9.47 Å². The van der Waals surface area contributed by atoms with Crippen LogP contribution in [0.1, 0.15) is 24.3 Å². The second-order valence-corrected chi connectivity index (χ2v) is 9.83. The van der Waals surface area contributed by atoms with Crippen molar-refractivity contribution in [3.8, 4) is 0 Å². The van der Waals surface area contributed by atoms with Gasteiger partial charge in [-0.25, -0.2) is 14.0 Å². The van der Waals surface area contributed by atoms with Crippen molar-refractivity contribution in [1.29, 1.82) is 0 Å². The van der Waals surface area contributed by atoms with Crippen LogP contribution in [0, 0.1) is 17.7 Å². The first-order valence-corrected chi connectivity index (χ1v) is 12.1. The number of fused-ring (bicyclic) bond motifs is 2. The normalized spacial score (nSPS) is 21.3. The summed E-state index contributed by atoms with van der Waals surface area (Å²) in [6.45, 7) is 0.602. The zero-order valence-electron chi connectivity index (χ0n) is 19.6. The van der Waals surface area contributed by atoms with Gasteiger partial charge in [0, 0.05) is 37.6 Å². The molecule has 5 rings (SSSR count). The number of benzene rings is 2. The van der Waals surface area contributed by atoms with Crippen LogP contribution in [0.3, 0.4) is 0 Å². The molecular formula is C26H26ClFN4O4. The predicted octanol–water partition coefficient (Wildman–Crippen LogP) is 4.60. The molecular weight excluding hydrogens is 487 g/mol. The standard InChI is InChI=1S/C26H26ClFN4O4/c1-36-13-15(16-6-4-7-19(27)23(16)28)10-22(33)24-18-9-14(18)11-32(24)26(35)30-20-12-31(25(29)34)21-8-3-2-5-17(20)21/h2-8,12,14-15,18,24H,9-11,13H2,1H3,(H2,29,34)(H,30,35)/t14-,15+,18-,24-/m0/s1. The van der Waals surface area contributed by atoms with Crippen LogP contribution in [-0.4, -0.2) is 53.6 Å². The van der Waals surface area contributed by atoms with E-state index < -0.39 is 29.8 Å². The van der Waals surface area contributed by atoms with E-state index in [1.807, 2.05) is 0 Å². The number of carbonyl (C=O) groups is 3. The van der Waals surface area contributed by atoms with Crippen molar-refractivity contribution >= 4 is 46.0 Å². The van der Waals surface area contributed by atoms with Gasteiger partial charge in [0.25, 0.3) is 0 Å². The first-order valence-electron chi connectivity index (χ1n) is 11.7. The maximum absolute atomic E-state index is 14.7. The fourth-order valence-corrected chi connectivity index (χ4v) is 5.58. The highest BCUT2D eigenvalue weighted by atomic mass is 35.5. The lowest BCUT2D eigenvalue weighted by Gasteiger charge is -2.28. The Morgan fingerprint density at radius 2 is 2.00 bits per heavy atom. The molecule has 0 bridgehead atoms. The van der Waals surface area contributed by atoms with Crippen molar-refractivity contribution in [3.63, 3.8) is 0 Å². The molecule has 4 atom stereocenters. The Balaban J connectivity index is 1.37. The Kier molecular flexibility index (Phi) is 6.44. The largest absolute Gasteiger partial charge is 0.384 e. The van der Waals surface area contributed by atoms with Gasteiger partial charge >= 0.3 is 12.1 Å². The Morgan fingerprint density at radius 1 is 1.22 bits per heavy atom. The number of carbonyl (C=O) groups excluding carboxylic acids is 3. The lowest BCUT2D eigenvalue weighted by molar-refractivity contribution is -0.123. The van der Waals surface area contributed by atoms with Gasteiger partial charge in [0.05, 0.1) is 28.9 Å². The summed E-state index contributed by atoms with van der Waals surface area (Å²) in [4.78, 5) is 40.2. The Labute approximate surface area is 212 Å². The zero-order valence-corrected chi connectivity index (χ0v) is 20.4. The quantitative estimate of drug-likeness (QED) is 0.482. The number of aromatic nitrogens is 1. The van der Waals surface area contributed by atoms with Gasteiger partial charge in [0.15, 0.2) is 5.78 Å².